The van der Waals surface area contributed by atoms with Gasteiger partial charge in [0.25, 0.3) is 0 Å². The van der Waals surface area contributed by atoms with E-state index in [1.807, 2.05) is 0 Å². The fourth-order valence-corrected chi connectivity index (χ4v) is 7.07. The third-order valence-corrected chi connectivity index (χ3v) is 10.6. The molecule has 0 bridgehead atoms. The highest BCUT2D eigenvalue weighted by Gasteiger charge is 2.55. The van der Waals surface area contributed by atoms with Crippen LogP contribution in [0.25, 0.3) is 0 Å². The van der Waals surface area contributed by atoms with Gasteiger partial charge in [0.2, 0.25) is 0 Å². The number of rotatable bonds is 12. The molecule has 5 rings (SSSR count). The summed E-state index contributed by atoms with van der Waals surface area (Å²) in [5.74, 6) is 0. The first-order valence-electron chi connectivity index (χ1n) is 17.7. The second kappa shape index (κ2) is 19.1. The summed E-state index contributed by atoms with van der Waals surface area (Å²) in [7, 11) is 0. The largest absolute Gasteiger partial charge is 0.394 e. The molecule has 4 aliphatic heterocycles. The Morgan fingerprint density at radius 2 is 0.696 bits per heavy atom. The van der Waals surface area contributed by atoms with Crippen LogP contribution in [-0.4, -0.2) is 273 Å². The maximum absolute atomic E-state index is 11.1. The van der Waals surface area contributed by atoms with Crippen molar-refractivity contribution in [1.82, 2.24) is 0 Å². The van der Waals surface area contributed by atoms with Gasteiger partial charge < -0.3 is 130 Å². The van der Waals surface area contributed by atoms with Crippen molar-refractivity contribution in [3.8, 4) is 0 Å². The Bertz CT molecular complexity index is 1210. The number of ether oxygens (including phenoxy) is 8. The fourth-order valence-electron chi connectivity index (χ4n) is 7.07. The van der Waals surface area contributed by atoms with Crippen molar-refractivity contribution in [3.63, 3.8) is 0 Å². The molecule has 19 N–H and O–H groups in total. The van der Waals surface area contributed by atoms with Crippen LogP contribution in [0.2, 0.25) is 0 Å². The Kier molecular flexibility index (Phi) is 15.7. The molecule has 1 aliphatic carbocycles. The van der Waals surface area contributed by atoms with E-state index in [4.69, 9.17) is 43.6 Å². The normalized spacial score (nSPS) is 54.5. The van der Waals surface area contributed by atoms with Gasteiger partial charge >= 0.3 is 0 Å². The highest BCUT2D eigenvalue weighted by Crippen LogP contribution is 2.34. The summed E-state index contributed by atoms with van der Waals surface area (Å²) in [6, 6.07) is -1.64. The van der Waals surface area contributed by atoms with E-state index in [0.717, 1.165) is 0 Å². The van der Waals surface area contributed by atoms with Gasteiger partial charge in [-0.3, -0.25) is 0 Å². The minimum Gasteiger partial charge on any atom is -0.394 e. The molecule has 0 aromatic carbocycles. The molecule has 16 unspecified atom stereocenters. The molecule has 24 atom stereocenters. The van der Waals surface area contributed by atoms with Crippen molar-refractivity contribution < 1.29 is 125 Å². The number of aliphatic hydroxyl groups excluding tert-OH is 17. The van der Waals surface area contributed by atoms with Crippen molar-refractivity contribution in [3.05, 3.63) is 0 Å². The lowest BCUT2D eigenvalue weighted by molar-refractivity contribution is -0.377. The first-order valence-corrected chi connectivity index (χ1v) is 17.7. The molecule has 5 fully saturated rings. The van der Waals surface area contributed by atoms with Gasteiger partial charge in [0.1, 0.15) is 128 Å². The minimum atomic E-state index is -2.05. The van der Waals surface area contributed by atoms with Crippen molar-refractivity contribution in [2.75, 3.05) is 26.4 Å². The molecule has 1 saturated carbocycles. The molecule has 26 nitrogen and oxygen atoms in total. The molecule has 328 valence electrons. The van der Waals surface area contributed by atoms with Crippen LogP contribution in [0.4, 0.5) is 0 Å². The van der Waals surface area contributed by atoms with Gasteiger partial charge in [0, 0.05) is 0 Å². The Morgan fingerprint density at radius 3 is 1.21 bits per heavy atom. The average molecular weight is 828 g/mol. The van der Waals surface area contributed by atoms with Crippen molar-refractivity contribution in [2.24, 2.45) is 5.73 Å². The van der Waals surface area contributed by atoms with Crippen LogP contribution in [0, 0.1) is 0 Å². The highest BCUT2D eigenvalue weighted by atomic mass is 16.8. The molecular weight excluding hydrogens is 774 g/mol. The fraction of sp³-hybridized carbons (Fsp3) is 1.00. The molecule has 0 aromatic heterocycles. The second-order valence-electron chi connectivity index (χ2n) is 14.3. The van der Waals surface area contributed by atoms with Gasteiger partial charge in [-0.25, -0.2) is 0 Å². The van der Waals surface area contributed by atoms with Crippen LogP contribution in [-0.2, 0) is 37.9 Å². The first kappa shape index (κ1) is 46.0. The lowest BCUT2D eigenvalue weighted by atomic mass is 9.84. The molecule has 0 radical (unpaired) electrons. The van der Waals surface area contributed by atoms with Crippen LogP contribution in [0.3, 0.4) is 0 Å². The van der Waals surface area contributed by atoms with Crippen LogP contribution in [0.15, 0.2) is 0 Å². The molecule has 4 heterocycles. The Morgan fingerprint density at radius 1 is 0.339 bits per heavy atom. The zero-order valence-corrected chi connectivity index (χ0v) is 29.3. The molecule has 0 spiro atoms. The number of nitrogens with two attached hydrogens (primary N) is 1. The molecular formula is C30H53NO25. The molecule has 0 amide bonds. The van der Waals surface area contributed by atoms with Gasteiger partial charge in [0.05, 0.1) is 32.5 Å². The van der Waals surface area contributed by atoms with Crippen molar-refractivity contribution in [1.29, 1.82) is 0 Å². The first-order chi connectivity index (χ1) is 26.4. The lowest BCUT2D eigenvalue weighted by Crippen LogP contribution is -2.69. The standard InChI is InChI=1S/C30H53NO25/c31-9-13(38)24(7(3-34)52-27(9)55-25-20(45)17(42)16(41)18(43)21(25)46)54-29-23(48)15(40)12(37)8(53-29)4-49-30-26(19(44)11(36)6(2-33)51-30)56-28-22(47)14(39)10(35)5(1-32)50-28/h5-30,32-48H,1-4,31H2/t5?,6?,7?,8?,9?,10-,11-,12-,13?,14?,15?,16?,17?,18?,19?,20?,21?,22?,23?,24-,25?,26?,27-,28-,29-,30+/m1/s1. The third kappa shape index (κ3) is 9.01. The number of hydrogen-bond acceptors (Lipinski definition) is 26. The molecule has 26 heteroatoms. The van der Waals surface area contributed by atoms with Crippen LogP contribution in [0.1, 0.15) is 0 Å². The molecule has 5 aliphatic rings. The van der Waals surface area contributed by atoms with E-state index in [1.165, 1.54) is 0 Å². The van der Waals surface area contributed by atoms with Gasteiger partial charge in [-0.2, -0.15) is 0 Å². The average Bonchev–Trinajstić information content (AvgIpc) is 3.19. The minimum absolute atomic E-state index is 0.813. The number of hydrogen-bond donors (Lipinski definition) is 18. The quantitative estimate of drug-likeness (QED) is 0.0868. The van der Waals surface area contributed by atoms with E-state index >= 15 is 0 Å². The maximum Gasteiger partial charge on any atom is 0.187 e. The predicted octanol–water partition coefficient (Wildman–Crippen LogP) is -12.6. The smallest absolute Gasteiger partial charge is 0.187 e. The molecule has 56 heavy (non-hydrogen) atoms. The van der Waals surface area contributed by atoms with Gasteiger partial charge in [0.15, 0.2) is 25.2 Å². The van der Waals surface area contributed by atoms with E-state index in [0.29, 0.717) is 0 Å². The van der Waals surface area contributed by atoms with E-state index in [-0.39, 0.29) is 0 Å². The Hall–Kier alpha value is -1.04. The topological polar surface area (TPSA) is 444 Å². The number of aliphatic hydroxyl groups is 17. The van der Waals surface area contributed by atoms with E-state index in [1.54, 1.807) is 0 Å². The molecule has 4 saturated heterocycles. The predicted molar refractivity (Wildman–Crippen MR) is 169 cm³/mol. The summed E-state index contributed by atoms with van der Waals surface area (Å²) in [6.07, 6.45) is -46.1. The zero-order valence-electron chi connectivity index (χ0n) is 29.3. The Labute approximate surface area is 316 Å². The molecule has 0 aromatic rings. The Balaban J connectivity index is 1.27. The SMILES string of the molecule is NC1C(O)[C@H](O[C@H]2OC(CO[C@H]3OC(CO)[C@@H](O)C(O)C3O[C@H]3OC(CO)[C@@H](O)C(O)C3O)[C@@H](O)C(O)C2O)C(CO)O[C@@H]1OC1C(O)C(O)C(O)C(O)C1O. The summed E-state index contributed by atoms with van der Waals surface area (Å²) >= 11 is 0. The van der Waals surface area contributed by atoms with Gasteiger partial charge in [-0.05, 0) is 0 Å². The van der Waals surface area contributed by atoms with Crippen LogP contribution in [0.5, 0.6) is 0 Å². The van der Waals surface area contributed by atoms with Crippen molar-refractivity contribution >= 4 is 0 Å². The van der Waals surface area contributed by atoms with Crippen molar-refractivity contribution in [2.45, 2.75) is 159 Å². The summed E-state index contributed by atoms with van der Waals surface area (Å²) in [4.78, 5) is 0. The summed E-state index contributed by atoms with van der Waals surface area (Å²) < 4.78 is 44.4. The zero-order chi connectivity index (χ0) is 41.5. The monoisotopic (exact) mass is 827 g/mol. The van der Waals surface area contributed by atoms with Crippen LogP contribution >= 0.6 is 0 Å². The summed E-state index contributed by atoms with van der Waals surface area (Å²) in [5, 5.41) is 175. The third-order valence-electron chi connectivity index (χ3n) is 10.6. The maximum atomic E-state index is 11.1. The van der Waals surface area contributed by atoms with E-state index < -0.39 is 186 Å². The summed E-state index contributed by atoms with van der Waals surface area (Å²) in [6.45, 7) is -3.46. The highest BCUT2D eigenvalue weighted by molar-refractivity contribution is 5.02. The van der Waals surface area contributed by atoms with E-state index in [2.05, 4.69) is 0 Å². The van der Waals surface area contributed by atoms with E-state index in [9.17, 15) is 86.8 Å². The van der Waals surface area contributed by atoms with Gasteiger partial charge in [-0.15, -0.1) is 0 Å². The summed E-state index contributed by atoms with van der Waals surface area (Å²) in [5.41, 5.74) is 6.09. The van der Waals surface area contributed by atoms with Gasteiger partial charge in [-0.1, -0.05) is 0 Å². The second-order valence-corrected chi connectivity index (χ2v) is 14.3. The lowest BCUT2D eigenvalue weighted by Gasteiger charge is -2.48. The van der Waals surface area contributed by atoms with Crippen LogP contribution < -0.4 is 5.73 Å².